The van der Waals surface area contributed by atoms with Gasteiger partial charge in [0.05, 0.1) is 0 Å². The molecule has 0 atom stereocenters. The molecule has 0 N–H and O–H groups in total. The molecule has 0 spiro atoms. The van der Waals surface area contributed by atoms with Crippen molar-refractivity contribution < 1.29 is 23.7 Å². The summed E-state index contributed by atoms with van der Waals surface area (Å²) in [5, 5.41) is 2.87. The van der Waals surface area contributed by atoms with E-state index in [4.69, 9.17) is 23.7 Å². The standard InChI is InChI=1S/C22H28O.C21H26O.C20H26OSi.C20H24O.C18H22O.C14H22.C12H18.2C7H16/c1-13(2)16-9-7-11-18-20(15(5)6)19-12-8-10-17(14(3)4)22(19)23-21(16)18;1-13(2)15-9-7-11-17-19(15)22-20-16(14(3)4)10-8-12-18(20)21(17,5)6;1-13(2)15-9-7-11-17-19(15)21-20-16(14(3)4)10-8-12-18(20)22(17,5)6;1-13(2)17-9-5-7-15-11-12-16-8-6-10-18(14(3)4)20(16)21-19(15)17;1-13(2)15-9-5-7-11-17(15)19-18-12-8-6-10-16(18)14(3)4;1-11(2)9-13-7-5-6-8-14(13)10-12(3)4;1-9(2)11-7-5-6-8-12(11)10(3)4;2*1-6(2)5-7(3)4/h7-15,20H,1-6H3;2*7-14H,1-6H3;5-10,13-14H,11-12H2,1-4H3;5-14H,1-4H3;5-8,11-12H,9-10H2,1-4H3;5-10H,1-4H3;2*6-7H,5H2,1-4H3. The lowest BCUT2D eigenvalue weighted by molar-refractivity contribution is 0.404. The average Bonchev–Trinajstić information content (AvgIpc) is 1.04. The molecule has 5 nitrogen and oxygen atoms in total. The summed E-state index contributed by atoms with van der Waals surface area (Å²) < 4.78 is 32.2. The van der Waals surface area contributed by atoms with Crippen LogP contribution in [0.3, 0.4) is 0 Å². The second-order valence-corrected chi connectivity index (χ2v) is 54.0. The Bertz CT molecular complexity index is 5570. The van der Waals surface area contributed by atoms with Gasteiger partial charge in [-0.1, -0.05) is 521 Å². The lowest BCUT2D eigenvalue weighted by atomic mass is 9.73. The van der Waals surface area contributed by atoms with Crippen molar-refractivity contribution in [2.75, 3.05) is 0 Å². The highest BCUT2D eigenvalue weighted by atomic mass is 28.3. The molecule has 12 aromatic rings. The van der Waals surface area contributed by atoms with Crippen molar-refractivity contribution in [1.82, 2.24) is 0 Å². The number of fused-ring (bicyclic) bond motifs is 8. The summed E-state index contributed by atoms with van der Waals surface area (Å²) in [5.74, 6) is 22.7. The molecule has 0 aromatic heterocycles. The number of rotatable bonds is 23. The maximum atomic E-state index is 6.54. The maximum absolute atomic E-state index is 6.54. The number of aryl methyl sites for hydroxylation is 2. The molecule has 0 amide bonds. The van der Waals surface area contributed by atoms with E-state index in [9.17, 15) is 0 Å². The van der Waals surface area contributed by atoms with Gasteiger partial charge in [-0.25, -0.2) is 0 Å². The molecule has 16 rings (SSSR count). The molecule has 0 aliphatic carbocycles. The van der Waals surface area contributed by atoms with Crippen LogP contribution in [-0.2, 0) is 31.1 Å². The van der Waals surface area contributed by atoms with Gasteiger partial charge in [-0.15, -0.1) is 0 Å². The van der Waals surface area contributed by atoms with E-state index in [1.807, 2.05) is 24.3 Å². The molecular formula is C141H198O5Si. The van der Waals surface area contributed by atoms with E-state index in [0.717, 1.165) is 106 Å². The Morgan fingerprint density at radius 2 is 0.469 bits per heavy atom. The van der Waals surface area contributed by atoms with Crippen molar-refractivity contribution in [1.29, 1.82) is 0 Å². The first-order valence-corrected chi connectivity index (χ1v) is 60.0. The van der Waals surface area contributed by atoms with E-state index in [1.165, 1.54) is 147 Å². The third-order valence-corrected chi connectivity index (χ3v) is 32.4. The number of hydrogen-bond acceptors (Lipinski definition) is 5. The SMILES string of the molecule is CC(C)CC(C)C.CC(C)CC(C)C.CC(C)Cc1ccccc1CC(C)C.CC(C)c1cccc2c1Oc1c(C(C)C)cccc1C2(C)C.CC(C)c1cccc2c1Oc1c(C(C)C)cccc1C2C(C)C.CC(C)c1cccc2c1Oc1c(C(C)C)cccc1[Si]2(C)C.CC(C)c1cccc2c1Oc1c(cccc1C(C)C)CC2.CC(C)c1ccccc1C(C)C.CC(C)c1ccccc1Oc1ccccc1C(C)C. The summed E-state index contributed by atoms with van der Waals surface area (Å²) in [6, 6.07) is 87.1. The first-order valence-electron chi connectivity index (χ1n) is 57.0. The van der Waals surface area contributed by atoms with Gasteiger partial charge < -0.3 is 23.7 Å². The highest BCUT2D eigenvalue weighted by molar-refractivity contribution is 7.01. The summed E-state index contributed by atoms with van der Waals surface area (Å²) in [4.78, 5) is 0. The van der Waals surface area contributed by atoms with Crippen LogP contribution in [0.1, 0.15) is 478 Å². The summed E-state index contributed by atoms with van der Waals surface area (Å²) in [6.45, 7) is 95.0. The number of hydrogen-bond donors (Lipinski definition) is 0. The van der Waals surface area contributed by atoms with Crippen LogP contribution in [0.5, 0.6) is 57.5 Å². The second kappa shape index (κ2) is 56.6. The molecule has 0 saturated heterocycles. The van der Waals surface area contributed by atoms with Gasteiger partial charge in [0.25, 0.3) is 0 Å². The van der Waals surface area contributed by atoms with Crippen LogP contribution in [0.2, 0.25) is 13.1 Å². The fourth-order valence-corrected chi connectivity index (χ4v) is 24.2. The molecule has 0 saturated carbocycles. The zero-order valence-corrected chi connectivity index (χ0v) is 101. The van der Waals surface area contributed by atoms with Crippen LogP contribution in [0.25, 0.3) is 0 Å². The number of ether oxygens (including phenoxy) is 5. The van der Waals surface area contributed by atoms with Crippen LogP contribution >= 0.6 is 0 Å². The Labute approximate surface area is 899 Å². The minimum absolute atomic E-state index is 0.0291. The summed E-state index contributed by atoms with van der Waals surface area (Å²) in [6.07, 6.45) is 7.26. The Hall–Kier alpha value is -10.1. The Morgan fingerprint density at radius 3 is 0.755 bits per heavy atom. The molecule has 4 heterocycles. The molecule has 12 aromatic carbocycles. The van der Waals surface area contributed by atoms with Gasteiger partial charge in [-0.2, -0.15) is 0 Å². The molecule has 147 heavy (non-hydrogen) atoms. The van der Waals surface area contributed by atoms with E-state index < -0.39 is 8.07 Å². The fraction of sp³-hybridized carbons (Fsp3) is 0.489. The molecule has 796 valence electrons. The topological polar surface area (TPSA) is 46.2 Å². The van der Waals surface area contributed by atoms with Gasteiger partial charge in [-0.05, 0) is 262 Å². The van der Waals surface area contributed by atoms with Crippen molar-refractivity contribution >= 4 is 18.4 Å². The number of para-hydroxylation sites is 10. The first-order chi connectivity index (χ1) is 69.2. The minimum atomic E-state index is -1.71. The summed E-state index contributed by atoms with van der Waals surface area (Å²) >= 11 is 0. The van der Waals surface area contributed by atoms with Crippen molar-refractivity contribution in [2.45, 2.75) is 411 Å². The minimum Gasteiger partial charge on any atom is -0.457 e. The second-order valence-electron chi connectivity index (χ2n) is 49.7. The predicted molar refractivity (Wildman–Crippen MR) is 645 cm³/mol. The first kappa shape index (κ1) is 122. The zero-order valence-electron chi connectivity index (χ0n) is 99.9. The van der Waals surface area contributed by atoms with E-state index in [0.29, 0.717) is 82.9 Å². The van der Waals surface area contributed by atoms with Gasteiger partial charge in [0, 0.05) is 33.6 Å². The van der Waals surface area contributed by atoms with Crippen molar-refractivity contribution in [2.24, 2.45) is 41.4 Å². The maximum Gasteiger partial charge on any atom is 0.134 e. The van der Waals surface area contributed by atoms with Crippen LogP contribution in [0.4, 0.5) is 0 Å². The van der Waals surface area contributed by atoms with Crippen LogP contribution in [0.15, 0.2) is 243 Å². The lowest BCUT2D eigenvalue weighted by Crippen LogP contribution is -2.56. The smallest absolute Gasteiger partial charge is 0.134 e. The average molecular weight is 2000 g/mol. The molecule has 6 heteroatoms. The van der Waals surface area contributed by atoms with Gasteiger partial charge in [-0.3, -0.25) is 0 Å². The van der Waals surface area contributed by atoms with E-state index in [2.05, 4.69) is 508 Å². The Kier molecular flexibility index (Phi) is 47.0. The number of benzene rings is 12. The Morgan fingerprint density at radius 1 is 0.238 bits per heavy atom. The van der Waals surface area contributed by atoms with Gasteiger partial charge >= 0.3 is 0 Å². The van der Waals surface area contributed by atoms with Gasteiger partial charge in [0.15, 0.2) is 0 Å². The lowest BCUT2D eigenvalue weighted by Gasteiger charge is -2.37. The van der Waals surface area contributed by atoms with Crippen molar-refractivity contribution in [3.05, 3.63) is 354 Å². The quantitative estimate of drug-likeness (QED) is 0.0597. The molecule has 0 radical (unpaired) electrons. The van der Waals surface area contributed by atoms with Crippen molar-refractivity contribution in [3.63, 3.8) is 0 Å². The molecular weight excluding hydrogens is 1800 g/mol. The fourth-order valence-electron chi connectivity index (χ4n) is 21.4. The van der Waals surface area contributed by atoms with E-state index >= 15 is 0 Å². The van der Waals surface area contributed by atoms with Gasteiger partial charge in [0.1, 0.15) is 65.6 Å². The molecule has 0 unspecified atom stereocenters. The third kappa shape index (κ3) is 33.2. The van der Waals surface area contributed by atoms with E-state index in [-0.39, 0.29) is 5.41 Å². The normalized spacial score (nSPS) is 13.3. The largest absolute Gasteiger partial charge is 0.457 e. The predicted octanol–water partition coefficient (Wildman–Crippen LogP) is 43.0. The highest BCUT2D eigenvalue weighted by Gasteiger charge is 2.41. The van der Waals surface area contributed by atoms with Crippen LogP contribution < -0.4 is 34.1 Å². The molecule has 0 bridgehead atoms. The monoisotopic (exact) mass is 2000 g/mol. The van der Waals surface area contributed by atoms with Crippen molar-refractivity contribution in [3.8, 4) is 57.5 Å². The summed E-state index contributed by atoms with van der Waals surface area (Å²) in [7, 11) is -1.71. The third-order valence-electron chi connectivity index (χ3n) is 28.9. The highest BCUT2D eigenvalue weighted by Crippen LogP contribution is 2.55. The van der Waals surface area contributed by atoms with Crippen LogP contribution in [-0.4, -0.2) is 8.07 Å². The van der Waals surface area contributed by atoms with Crippen LogP contribution in [0, 0.1) is 41.4 Å². The summed E-state index contributed by atoms with van der Waals surface area (Å²) in [5.41, 5.74) is 27.0. The molecule has 0 fully saturated rings. The molecule has 4 aliphatic rings. The van der Waals surface area contributed by atoms with E-state index in [1.54, 1.807) is 0 Å². The van der Waals surface area contributed by atoms with Gasteiger partial charge in [0.2, 0.25) is 0 Å². The zero-order chi connectivity index (χ0) is 109. The Balaban J connectivity index is 0.000000206. The molecule has 4 aliphatic heterocycles.